The molecule has 2 aromatic carbocycles. The number of hydrogen-bond donors (Lipinski definition) is 2. The van der Waals surface area contributed by atoms with Crippen LogP contribution in [0.4, 0.5) is 11.4 Å². The molecule has 128 valence electrons. The second kappa shape index (κ2) is 8.90. The maximum Gasteiger partial charge on any atom is 0.237 e. The van der Waals surface area contributed by atoms with Crippen molar-refractivity contribution in [1.82, 2.24) is 0 Å². The third-order valence-corrected chi connectivity index (χ3v) is 4.47. The Kier molecular flexibility index (Phi) is 6.61. The third kappa shape index (κ3) is 5.98. The van der Waals surface area contributed by atoms with Gasteiger partial charge in [0.25, 0.3) is 0 Å². The van der Waals surface area contributed by atoms with Crippen molar-refractivity contribution in [2.75, 3.05) is 10.6 Å². The topological polar surface area (TPSA) is 82.0 Å². The summed E-state index contributed by atoms with van der Waals surface area (Å²) < 4.78 is 0. The lowest BCUT2D eigenvalue weighted by Gasteiger charge is -2.12. The Balaban J connectivity index is 1.91. The fourth-order valence-electron chi connectivity index (χ4n) is 2.12. The number of carbonyl (C=O) groups is 2. The molecule has 0 bridgehead atoms. The van der Waals surface area contributed by atoms with Crippen molar-refractivity contribution in [1.29, 1.82) is 5.26 Å². The Labute approximate surface area is 151 Å². The molecule has 1 unspecified atom stereocenters. The van der Waals surface area contributed by atoms with Crippen molar-refractivity contribution in [3.63, 3.8) is 0 Å². The molecule has 0 fully saturated rings. The van der Waals surface area contributed by atoms with E-state index in [0.29, 0.717) is 12.1 Å². The molecule has 0 aromatic heterocycles. The normalized spacial score (nSPS) is 11.2. The first-order valence-electron chi connectivity index (χ1n) is 7.79. The van der Waals surface area contributed by atoms with Gasteiger partial charge in [0.05, 0.1) is 17.7 Å². The zero-order valence-corrected chi connectivity index (χ0v) is 14.9. The molecule has 2 aromatic rings. The second-order valence-corrected chi connectivity index (χ2v) is 6.90. The third-order valence-electron chi connectivity index (χ3n) is 3.36. The lowest BCUT2D eigenvalue weighted by atomic mass is 10.1. The number of amides is 2. The molecule has 0 radical (unpaired) electrons. The quantitative estimate of drug-likeness (QED) is 0.773. The molecule has 2 N–H and O–H groups in total. The minimum absolute atomic E-state index is 0.0935. The Bertz CT molecular complexity index is 780. The number of nitriles is 1. The first-order chi connectivity index (χ1) is 12.0. The molecular weight excluding hydrogens is 334 g/mol. The van der Waals surface area contributed by atoms with Gasteiger partial charge in [0.15, 0.2) is 0 Å². The molecule has 0 heterocycles. The predicted molar refractivity (Wildman–Crippen MR) is 100 cm³/mol. The Hall–Kier alpha value is -2.78. The molecule has 0 aliphatic heterocycles. The average Bonchev–Trinajstić information content (AvgIpc) is 2.58. The van der Waals surface area contributed by atoms with Crippen molar-refractivity contribution in [3.05, 3.63) is 54.1 Å². The van der Waals surface area contributed by atoms with Gasteiger partial charge in [-0.25, -0.2) is 0 Å². The van der Waals surface area contributed by atoms with Crippen LogP contribution in [0, 0.1) is 11.3 Å². The number of anilines is 2. The Morgan fingerprint density at radius 1 is 1.04 bits per heavy atom. The van der Waals surface area contributed by atoms with E-state index < -0.39 is 0 Å². The lowest BCUT2D eigenvalue weighted by Crippen LogP contribution is -2.22. The summed E-state index contributed by atoms with van der Waals surface area (Å²) >= 11 is 1.44. The largest absolute Gasteiger partial charge is 0.326 e. The van der Waals surface area contributed by atoms with E-state index in [9.17, 15) is 9.59 Å². The number of rotatable bonds is 6. The van der Waals surface area contributed by atoms with E-state index in [2.05, 4.69) is 16.7 Å². The van der Waals surface area contributed by atoms with Crippen LogP contribution in [0.3, 0.4) is 0 Å². The highest BCUT2D eigenvalue weighted by Crippen LogP contribution is 2.25. The Morgan fingerprint density at radius 3 is 2.16 bits per heavy atom. The van der Waals surface area contributed by atoms with Crippen molar-refractivity contribution in [2.45, 2.75) is 30.4 Å². The molecule has 5 nitrogen and oxygen atoms in total. The summed E-state index contributed by atoms with van der Waals surface area (Å²) in [6.45, 7) is 3.30. The summed E-state index contributed by atoms with van der Waals surface area (Å²) in [5.41, 5.74) is 2.36. The summed E-state index contributed by atoms with van der Waals surface area (Å²) in [4.78, 5) is 24.3. The predicted octanol–water partition coefficient (Wildman–Crippen LogP) is 3.83. The fourth-order valence-corrected chi connectivity index (χ4v) is 2.99. The number of carbonyl (C=O) groups excluding carboxylic acids is 2. The number of nitrogens with zero attached hydrogens (tertiary/aromatic N) is 1. The van der Waals surface area contributed by atoms with E-state index in [1.54, 1.807) is 12.1 Å². The van der Waals surface area contributed by atoms with E-state index in [0.717, 1.165) is 16.1 Å². The van der Waals surface area contributed by atoms with Crippen molar-refractivity contribution in [3.8, 4) is 6.07 Å². The zero-order valence-electron chi connectivity index (χ0n) is 14.1. The van der Waals surface area contributed by atoms with Crippen LogP contribution < -0.4 is 10.6 Å². The molecular formula is C19H19N3O2S. The van der Waals surface area contributed by atoms with Gasteiger partial charge in [0, 0.05) is 23.2 Å². The first-order valence-corrected chi connectivity index (χ1v) is 8.67. The number of benzene rings is 2. The van der Waals surface area contributed by atoms with Crippen LogP contribution >= 0.6 is 11.8 Å². The van der Waals surface area contributed by atoms with Gasteiger partial charge >= 0.3 is 0 Å². The van der Waals surface area contributed by atoms with Crippen LogP contribution in [-0.2, 0) is 16.0 Å². The summed E-state index contributed by atoms with van der Waals surface area (Å²) in [6, 6.07) is 16.7. The number of thioether (sulfide) groups is 1. The summed E-state index contributed by atoms with van der Waals surface area (Å²) in [5.74, 6) is -0.210. The van der Waals surface area contributed by atoms with Gasteiger partial charge in [-0.1, -0.05) is 12.1 Å². The second-order valence-electron chi connectivity index (χ2n) is 5.49. The molecule has 25 heavy (non-hydrogen) atoms. The monoisotopic (exact) mass is 353 g/mol. The van der Waals surface area contributed by atoms with Crippen molar-refractivity contribution < 1.29 is 9.59 Å². The van der Waals surface area contributed by atoms with Crippen LogP contribution in [0.2, 0.25) is 0 Å². The maximum atomic E-state index is 12.3. The highest BCUT2D eigenvalue weighted by molar-refractivity contribution is 8.00. The molecule has 2 rings (SSSR count). The van der Waals surface area contributed by atoms with Crippen LogP contribution in [0.25, 0.3) is 0 Å². The van der Waals surface area contributed by atoms with Gasteiger partial charge in [-0.2, -0.15) is 5.26 Å². The molecule has 0 aliphatic carbocycles. The number of nitrogens with one attached hydrogen (secondary N) is 2. The Morgan fingerprint density at radius 2 is 1.60 bits per heavy atom. The van der Waals surface area contributed by atoms with Gasteiger partial charge in [-0.15, -0.1) is 11.8 Å². The smallest absolute Gasteiger partial charge is 0.237 e. The van der Waals surface area contributed by atoms with Crippen molar-refractivity contribution in [2.24, 2.45) is 0 Å². The van der Waals surface area contributed by atoms with E-state index in [1.807, 2.05) is 43.3 Å². The van der Waals surface area contributed by atoms with Crippen LogP contribution in [0.15, 0.2) is 53.4 Å². The van der Waals surface area contributed by atoms with Gasteiger partial charge in [-0.05, 0) is 48.9 Å². The van der Waals surface area contributed by atoms with Gasteiger partial charge < -0.3 is 10.6 Å². The van der Waals surface area contributed by atoms with Gasteiger partial charge in [-0.3, -0.25) is 9.59 Å². The SMILES string of the molecule is CC(=O)Nc1ccc(SC(C)C(=O)Nc2ccc(CC#N)cc2)cc1. The van der Waals surface area contributed by atoms with E-state index in [1.165, 1.54) is 18.7 Å². The lowest BCUT2D eigenvalue weighted by molar-refractivity contribution is -0.115. The first kappa shape index (κ1) is 18.6. The van der Waals surface area contributed by atoms with Crippen LogP contribution in [0.5, 0.6) is 0 Å². The highest BCUT2D eigenvalue weighted by atomic mass is 32.2. The fraction of sp³-hybridized carbons (Fsp3) is 0.211. The molecule has 1 atom stereocenters. The maximum absolute atomic E-state index is 12.3. The zero-order chi connectivity index (χ0) is 18.2. The summed E-state index contributed by atoms with van der Waals surface area (Å²) in [7, 11) is 0. The average molecular weight is 353 g/mol. The van der Waals surface area contributed by atoms with E-state index >= 15 is 0 Å². The summed E-state index contributed by atoms with van der Waals surface area (Å²) in [6.07, 6.45) is 0.356. The molecule has 2 amide bonds. The highest BCUT2D eigenvalue weighted by Gasteiger charge is 2.14. The van der Waals surface area contributed by atoms with E-state index in [-0.39, 0.29) is 17.1 Å². The molecule has 0 spiro atoms. The van der Waals surface area contributed by atoms with Crippen LogP contribution in [0.1, 0.15) is 19.4 Å². The standard InChI is InChI=1S/C19H19N3O2S/c1-13(25-18-9-7-16(8-10-18)21-14(2)23)19(24)22-17-5-3-15(4-6-17)11-12-20/h3-10,13H,11H2,1-2H3,(H,21,23)(H,22,24). The molecule has 0 saturated heterocycles. The van der Waals surface area contributed by atoms with Gasteiger partial charge in [0.1, 0.15) is 0 Å². The van der Waals surface area contributed by atoms with Gasteiger partial charge in [0.2, 0.25) is 11.8 Å². The molecule has 0 aliphatic rings. The summed E-state index contributed by atoms with van der Waals surface area (Å²) in [5, 5.41) is 14.0. The molecule has 0 saturated carbocycles. The number of hydrogen-bond acceptors (Lipinski definition) is 4. The van der Waals surface area contributed by atoms with Crippen molar-refractivity contribution >= 4 is 35.0 Å². The van der Waals surface area contributed by atoms with Crippen LogP contribution in [-0.4, -0.2) is 17.1 Å². The minimum atomic E-state index is -0.273. The van der Waals surface area contributed by atoms with E-state index in [4.69, 9.17) is 5.26 Å². The molecule has 6 heteroatoms. The minimum Gasteiger partial charge on any atom is -0.326 e.